The number of carboxylic acid groups (broad SMARTS) is 1. The number of aliphatic carboxylic acids is 1. The molecule has 6 heteroatoms. The summed E-state index contributed by atoms with van der Waals surface area (Å²) in [4.78, 5) is 22.5. The molecule has 0 rings (SSSR count). The zero-order valence-corrected chi connectivity index (χ0v) is 14.1. The molecular weight excluding hydrogens is 286 g/mol. The van der Waals surface area contributed by atoms with Crippen LogP contribution in [0.15, 0.2) is 12.2 Å². The number of quaternary nitrogens is 1. The molecule has 0 aliphatic heterocycles. The van der Waals surface area contributed by atoms with Gasteiger partial charge >= 0.3 is 5.97 Å². The molecule has 0 saturated carbocycles. The second kappa shape index (κ2) is 10.3. The monoisotopic (exact) mass is 315 g/mol. The van der Waals surface area contributed by atoms with Crippen molar-refractivity contribution in [2.75, 3.05) is 27.7 Å². The van der Waals surface area contributed by atoms with E-state index in [9.17, 15) is 19.8 Å². The summed E-state index contributed by atoms with van der Waals surface area (Å²) in [5.74, 6) is -1.66. The van der Waals surface area contributed by atoms with E-state index in [0.29, 0.717) is 23.9 Å². The molecule has 0 aromatic carbocycles. The maximum Gasteiger partial charge on any atom is 0.306 e. The minimum Gasteiger partial charge on any atom is -0.550 e. The first-order valence-corrected chi connectivity index (χ1v) is 7.68. The molecular formula is C16H29NO5. The minimum absolute atomic E-state index is 0.163. The number of carboxylic acids is 1. The number of nitrogens with zero attached hydrogens (tertiary/aromatic N) is 1. The number of allylic oxidation sites excluding steroid dienone is 1. The van der Waals surface area contributed by atoms with E-state index >= 15 is 0 Å². The number of aliphatic hydroxyl groups is 1. The van der Waals surface area contributed by atoms with Crippen LogP contribution in [0.4, 0.5) is 0 Å². The lowest BCUT2D eigenvalue weighted by molar-refractivity contribution is -0.873. The van der Waals surface area contributed by atoms with Crippen LogP contribution < -0.4 is 5.11 Å². The predicted molar refractivity (Wildman–Crippen MR) is 81.7 cm³/mol. The van der Waals surface area contributed by atoms with E-state index < -0.39 is 24.1 Å². The van der Waals surface area contributed by atoms with Gasteiger partial charge in [-0.1, -0.05) is 25.5 Å². The van der Waals surface area contributed by atoms with E-state index in [4.69, 9.17) is 4.74 Å². The smallest absolute Gasteiger partial charge is 0.306 e. The molecule has 1 N–H and O–H groups in total. The highest BCUT2D eigenvalue weighted by atomic mass is 16.5. The molecule has 0 aliphatic rings. The van der Waals surface area contributed by atoms with Gasteiger partial charge in [-0.2, -0.15) is 0 Å². The summed E-state index contributed by atoms with van der Waals surface area (Å²) in [6, 6.07) is 0. The summed E-state index contributed by atoms with van der Waals surface area (Å²) in [5, 5.41) is 20.2. The number of hydrogen-bond acceptors (Lipinski definition) is 5. The highest BCUT2D eigenvalue weighted by Gasteiger charge is 2.22. The first-order chi connectivity index (χ1) is 10.1. The number of ether oxygens (including phenoxy) is 1. The molecule has 0 aromatic heterocycles. The summed E-state index contributed by atoms with van der Waals surface area (Å²) in [5.41, 5.74) is 0. The number of aliphatic hydroxyl groups excluding tert-OH is 1. The van der Waals surface area contributed by atoms with Crippen LogP contribution in [0, 0.1) is 0 Å². The average molecular weight is 315 g/mol. The number of esters is 1. The maximum atomic E-state index is 11.8. The van der Waals surface area contributed by atoms with Crippen molar-refractivity contribution in [2.24, 2.45) is 0 Å². The van der Waals surface area contributed by atoms with E-state index in [1.165, 1.54) is 0 Å². The van der Waals surface area contributed by atoms with E-state index in [0.717, 1.165) is 6.42 Å². The Hall–Kier alpha value is -1.40. The third-order valence-electron chi connectivity index (χ3n) is 2.90. The highest BCUT2D eigenvalue weighted by molar-refractivity contribution is 5.71. The van der Waals surface area contributed by atoms with Gasteiger partial charge in [-0.15, -0.1) is 0 Å². The van der Waals surface area contributed by atoms with Crippen molar-refractivity contribution in [3.8, 4) is 0 Å². The van der Waals surface area contributed by atoms with Crippen LogP contribution in [0.25, 0.3) is 0 Å². The van der Waals surface area contributed by atoms with E-state index in [-0.39, 0.29) is 12.8 Å². The van der Waals surface area contributed by atoms with Gasteiger partial charge in [0, 0.05) is 18.8 Å². The van der Waals surface area contributed by atoms with Gasteiger partial charge in [-0.3, -0.25) is 4.79 Å². The molecule has 22 heavy (non-hydrogen) atoms. The fourth-order valence-electron chi connectivity index (χ4n) is 2.03. The number of carbonyl (C=O) groups is 2. The number of rotatable bonds is 11. The molecule has 0 saturated heterocycles. The van der Waals surface area contributed by atoms with Crippen LogP contribution in [0.5, 0.6) is 0 Å². The molecule has 0 amide bonds. The lowest BCUT2D eigenvalue weighted by Gasteiger charge is -2.29. The third-order valence-corrected chi connectivity index (χ3v) is 2.90. The van der Waals surface area contributed by atoms with Crippen molar-refractivity contribution in [2.45, 2.75) is 51.2 Å². The molecule has 0 bridgehead atoms. The Balaban J connectivity index is 4.25. The van der Waals surface area contributed by atoms with Crippen LogP contribution >= 0.6 is 0 Å². The van der Waals surface area contributed by atoms with Crippen molar-refractivity contribution in [1.82, 2.24) is 0 Å². The maximum absolute atomic E-state index is 11.8. The number of hydrogen-bond donors (Lipinski definition) is 1. The fourth-order valence-corrected chi connectivity index (χ4v) is 2.03. The SMILES string of the molecule is CCCC(O)/C=C/CCC(=O)OC(CC(=O)[O-])C[N+](C)(C)C. The van der Waals surface area contributed by atoms with Crippen molar-refractivity contribution in [3.63, 3.8) is 0 Å². The molecule has 0 spiro atoms. The summed E-state index contributed by atoms with van der Waals surface area (Å²) in [7, 11) is 5.69. The second-order valence-corrected chi connectivity index (χ2v) is 6.48. The Bertz CT molecular complexity index is 373. The molecule has 0 fully saturated rings. The first-order valence-electron chi connectivity index (χ1n) is 7.68. The van der Waals surface area contributed by atoms with Gasteiger partial charge < -0.3 is 24.2 Å². The Labute approximate surface area is 133 Å². The van der Waals surface area contributed by atoms with Crippen LogP contribution in [-0.2, 0) is 14.3 Å². The largest absolute Gasteiger partial charge is 0.550 e. The molecule has 2 unspecified atom stereocenters. The van der Waals surface area contributed by atoms with Gasteiger partial charge in [0.15, 0.2) is 6.10 Å². The third kappa shape index (κ3) is 12.3. The summed E-state index contributed by atoms with van der Waals surface area (Å²) in [6.45, 7) is 2.39. The Morgan fingerprint density at radius 3 is 2.45 bits per heavy atom. The number of carbonyl (C=O) groups excluding carboxylic acids is 2. The molecule has 0 aliphatic carbocycles. The topological polar surface area (TPSA) is 86.7 Å². The molecule has 0 heterocycles. The van der Waals surface area contributed by atoms with Crippen LogP contribution in [0.2, 0.25) is 0 Å². The first kappa shape index (κ1) is 20.6. The van der Waals surface area contributed by atoms with Crippen molar-refractivity contribution >= 4 is 11.9 Å². The zero-order valence-electron chi connectivity index (χ0n) is 14.1. The highest BCUT2D eigenvalue weighted by Crippen LogP contribution is 2.07. The summed E-state index contributed by atoms with van der Waals surface area (Å²) < 4.78 is 5.71. The average Bonchev–Trinajstić information content (AvgIpc) is 2.32. The van der Waals surface area contributed by atoms with Gasteiger partial charge in [0.1, 0.15) is 6.54 Å². The van der Waals surface area contributed by atoms with Gasteiger partial charge in [-0.05, 0) is 12.8 Å². The molecule has 6 nitrogen and oxygen atoms in total. The summed E-state index contributed by atoms with van der Waals surface area (Å²) >= 11 is 0. The zero-order chi connectivity index (χ0) is 17.2. The molecule has 0 radical (unpaired) electrons. The van der Waals surface area contributed by atoms with Crippen molar-refractivity contribution < 1.29 is 29.0 Å². The van der Waals surface area contributed by atoms with Crippen molar-refractivity contribution in [1.29, 1.82) is 0 Å². The van der Waals surface area contributed by atoms with E-state index in [1.54, 1.807) is 12.2 Å². The summed E-state index contributed by atoms with van der Waals surface area (Å²) in [6.07, 6.45) is 4.15. The van der Waals surface area contributed by atoms with Gasteiger partial charge in [0.25, 0.3) is 0 Å². The normalized spacial score (nSPS) is 14.8. The predicted octanol–water partition coefficient (Wildman–Crippen LogP) is 0.242. The second-order valence-electron chi connectivity index (χ2n) is 6.48. The lowest BCUT2D eigenvalue weighted by atomic mass is 10.2. The van der Waals surface area contributed by atoms with Gasteiger partial charge in [0.2, 0.25) is 0 Å². The Morgan fingerprint density at radius 1 is 1.32 bits per heavy atom. The fraction of sp³-hybridized carbons (Fsp3) is 0.750. The lowest BCUT2D eigenvalue weighted by Crippen LogP contribution is -2.45. The Kier molecular flexibility index (Phi) is 9.69. The van der Waals surface area contributed by atoms with Crippen molar-refractivity contribution in [3.05, 3.63) is 12.2 Å². The van der Waals surface area contributed by atoms with E-state index in [2.05, 4.69) is 0 Å². The molecule has 2 atom stereocenters. The van der Waals surface area contributed by atoms with E-state index in [1.807, 2.05) is 28.1 Å². The van der Waals surface area contributed by atoms with Crippen LogP contribution in [0.3, 0.4) is 0 Å². The van der Waals surface area contributed by atoms with Crippen LogP contribution in [-0.4, -0.2) is 61.4 Å². The number of likely N-dealkylation sites (N-methyl/N-ethyl adjacent to an activating group) is 1. The Morgan fingerprint density at radius 2 is 1.95 bits per heavy atom. The quantitative estimate of drug-likeness (QED) is 0.335. The minimum atomic E-state index is -1.23. The van der Waals surface area contributed by atoms with Gasteiger partial charge in [-0.25, -0.2) is 0 Å². The molecule has 128 valence electrons. The standard InChI is InChI=1S/C16H29NO5/c1-5-8-13(18)9-6-7-10-16(21)22-14(11-15(19)20)12-17(2,3)4/h6,9,13-14,18H,5,7-8,10-12H2,1-4H3/b9-6+. The van der Waals surface area contributed by atoms with Gasteiger partial charge in [0.05, 0.1) is 27.2 Å². The van der Waals surface area contributed by atoms with Crippen LogP contribution in [0.1, 0.15) is 39.0 Å². The molecule has 0 aromatic rings.